The SMILES string of the molecule is NCCCNC(=O)c1ccc2c(c1)C(=O)NC2CCC1CCNCC1. The number of hydrogen-bond donors (Lipinski definition) is 4. The van der Waals surface area contributed by atoms with Gasteiger partial charge in [0.25, 0.3) is 11.8 Å². The molecule has 0 aliphatic carbocycles. The smallest absolute Gasteiger partial charge is 0.252 e. The van der Waals surface area contributed by atoms with Crippen molar-refractivity contribution in [3.05, 3.63) is 34.9 Å². The van der Waals surface area contributed by atoms with Crippen molar-refractivity contribution in [2.75, 3.05) is 26.2 Å². The van der Waals surface area contributed by atoms with Crippen molar-refractivity contribution >= 4 is 11.8 Å². The first-order chi connectivity index (χ1) is 12.2. The van der Waals surface area contributed by atoms with Crippen molar-refractivity contribution in [3.8, 4) is 0 Å². The molecule has 1 aromatic rings. The molecule has 5 N–H and O–H groups in total. The van der Waals surface area contributed by atoms with Crippen molar-refractivity contribution in [2.45, 2.75) is 38.1 Å². The van der Waals surface area contributed by atoms with E-state index in [1.807, 2.05) is 12.1 Å². The molecule has 1 atom stereocenters. The Morgan fingerprint density at radius 3 is 2.80 bits per heavy atom. The van der Waals surface area contributed by atoms with Crippen LogP contribution in [0.5, 0.6) is 0 Å². The van der Waals surface area contributed by atoms with E-state index in [-0.39, 0.29) is 17.9 Å². The lowest BCUT2D eigenvalue weighted by atomic mass is 9.89. The van der Waals surface area contributed by atoms with Crippen LogP contribution in [0.1, 0.15) is 64.4 Å². The van der Waals surface area contributed by atoms with Crippen molar-refractivity contribution in [3.63, 3.8) is 0 Å². The summed E-state index contributed by atoms with van der Waals surface area (Å²) >= 11 is 0. The van der Waals surface area contributed by atoms with E-state index in [2.05, 4.69) is 16.0 Å². The van der Waals surface area contributed by atoms with Crippen molar-refractivity contribution in [2.24, 2.45) is 11.7 Å². The monoisotopic (exact) mass is 344 g/mol. The van der Waals surface area contributed by atoms with Gasteiger partial charge in [-0.2, -0.15) is 0 Å². The van der Waals surface area contributed by atoms with Crippen LogP contribution in [0, 0.1) is 5.92 Å². The highest BCUT2D eigenvalue weighted by Crippen LogP contribution is 2.32. The number of nitrogens with two attached hydrogens (primary N) is 1. The van der Waals surface area contributed by atoms with Crippen molar-refractivity contribution in [1.82, 2.24) is 16.0 Å². The van der Waals surface area contributed by atoms with E-state index in [0.29, 0.717) is 24.2 Å². The van der Waals surface area contributed by atoms with Crippen LogP contribution < -0.4 is 21.7 Å². The number of rotatable bonds is 7. The first kappa shape index (κ1) is 17.9. The molecule has 1 unspecified atom stereocenters. The number of nitrogens with one attached hydrogen (secondary N) is 3. The maximum absolute atomic E-state index is 12.3. The molecule has 0 aromatic heterocycles. The van der Waals surface area contributed by atoms with Gasteiger partial charge in [0.2, 0.25) is 0 Å². The molecule has 1 aromatic carbocycles. The average Bonchev–Trinajstić information content (AvgIpc) is 2.96. The zero-order valence-corrected chi connectivity index (χ0v) is 14.6. The van der Waals surface area contributed by atoms with Crippen LogP contribution >= 0.6 is 0 Å². The Morgan fingerprint density at radius 1 is 1.24 bits per heavy atom. The molecular formula is C19H28N4O2. The van der Waals surface area contributed by atoms with E-state index in [1.165, 1.54) is 12.8 Å². The minimum absolute atomic E-state index is 0.0677. The van der Waals surface area contributed by atoms with E-state index in [4.69, 9.17) is 5.73 Å². The fraction of sp³-hybridized carbons (Fsp3) is 0.579. The third-order valence-corrected chi connectivity index (χ3v) is 5.23. The van der Waals surface area contributed by atoms with Gasteiger partial charge >= 0.3 is 0 Å². The van der Waals surface area contributed by atoms with Crippen molar-refractivity contribution in [1.29, 1.82) is 0 Å². The highest BCUT2D eigenvalue weighted by atomic mass is 16.2. The van der Waals surface area contributed by atoms with Gasteiger partial charge in [0.15, 0.2) is 0 Å². The molecule has 6 heteroatoms. The number of piperidine rings is 1. The summed E-state index contributed by atoms with van der Waals surface area (Å²) in [5.74, 6) is 0.527. The average molecular weight is 344 g/mol. The summed E-state index contributed by atoms with van der Waals surface area (Å²) < 4.78 is 0. The Morgan fingerprint density at radius 2 is 2.04 bits per heavy atom. The molecular weight excluding hydrogens is 316 g/mol. The second kappa shape index (κ2) is 8.45. The standard InChI is InChI=1S/C19H28N4O2/c20-8-1-9-22-18(24)14-3-4-15-16(12-14)19(25)23-17(15)5-2-13-6-10-21-11-7-13/h3-4,12-13,17,21H,1-2,5-11,20H2,(H,22,24)(H,23,25). The van der Waals surface area contributed by atoms with Crippen LogP contribution in [-0.2, 0) is 0 Å². The number of fused-ring (bicyclic) bond motifs is 1. The van der Waals surface area contributed by atoms with Gasteiger partial charge in [0.05, 0.1) is 6.04 Å². The van der Waals surface area contributed by atoms with Gasteiger partial charge in [0, 0.05) is 17.7 Å². The van der Waals surface area contributed by atoms with Crippen LogP contribution in [0.15, 0.2) is 18.2 Å². The zero-order valence-electron chi connectivity index (χ0n) is 14.6. The molecule has 0 saturated carbocycles. The Labute approximate surface area is 148 Å². The fourth-order valence-electron chi connectivity index (χ4n) is 3.72. The van der Waals surface area contributed by atoms with Gasteiger partial charge in [-0.1, -0.05) is 6.07 Å². The van der Waals surface area contributed by atoms with Crippen LogP contribution in [0.2, 0.25) is 0 Å². The second-order valence-electron chi connectivity index (χ2n) is 7.00. The Kier molecular flexibility index (Phi) is 6.04. The first-order valence-corrected chi connectivity index (χ1v) is 9.33. The number of amides is 2. The summed E-state index contributed by atoms with van der Waals surface area (Å²) in [6, 6.07) is 5.53. The largest absolute Gasteiger partial charge is 0.352 e. The van der Waals surface area contributed by atoms with Gasteiger partial charge in [-0.15, -0.1) is 0 Å². The molecule has 1 saturated heterocycles. The van der Waals surface area contributed by atoms with Crippen LogP contribution in [0.25, 0.3) is 0 Å². The van der Waals surface area contributed by atoms with Gasteiger partial charge in [-0.25, -0.2) is 0 Å². The highest BCUT2D eigenvalue weighted by molar-refractivity contribution is 6.02. The lowest BCUT2D eigenvalue weighted by molar-refractivity contribution is 0.0951. The summed E-state index contributed by atoms with van der Waals surface area (Å²) in [7, 11) is 0. The minimum atomic E-state index is -0.151. The predicted molar refractivity (Wildman–Crippen MR) is 97.5 cm³/mol. The molecule has 2 aliphatic heterocycles. The molecule has 2 aliphatic rings. The summed E-state index contributed by atoms with van der Waals surface area (Å²) in [5, 5.41) is 9.29. The van der Waals surface area contributed by atoms with Crippen LogP contribution in [-0.4, -0.2) is 38.0 Å². The van der Waals surface area contributed by atoms with Gasteiger partial charge < -0.3 is 21.7 Å². The zero-order chi connectivity index (χ0) is 17.6. The molecule has 1 fully saturated rings. The maximum atomic E-state index is 12.3. The van der Waals surface area contributed by atoms with E-state index in [9.17, 15) is 9.59 Å². The predicted octanol–water partition coefficient (Wildman–Crippen LogP) is 1.33. The molecule has 0 bridgehead atoms. The molecule has 2 amide bonds. The van der Waals surface area contributed by atoms with E-state index in [0.717, 1.165) is 43.8 Å². The Hall–Kier alpha value is -1.92. The number of carbonyl (C=O) groups is 2. The normalized spacial score (nSPS) is 20.2. The van der Waals surface area contributed by atoms with Crippen LogP contribution in [0.4, 0.5) is 0 Å². The van der Waals surface area contributed by atoms with E-state index >= 15 is 0 Å². The molecule has 25 heavy (non-hydrogen) atoms. The number of hydrogen-bond acceptors (Lipinski definition) is 4. The van der Waals surface area contributed by atoms with E-state index in [1.54, 1.807) is 6.07 Å². The minimum Gasteiger partial charge on any atom is -0.352 e. The Balaban J connectivity index is 1.62. The van der Waals surface area contributed by atoms with Gasteiger partial charge in [-0.3, -0.25) is 9.59 Å². The first-order valence-electron chi connectivity index (χ1n) is 9.33. The molecule has 6 nitrogen and oxygen atoms in total. The molecule has 2 heterocycles. The molecule has 3 rings (SSSR count). The Bertz CT molecular complexity index is 626. The fourth-order valence-corrected chi connectivity index (χ4v) is 3.72. The van der Waals surface area contributed by atoms with Gasteiger partial charge in [0.1, 0.15) is 0 Å². The van der Waals surface area contributed by atoms with Gasteiger partial charge in [-0.05, 0) is 75.4 Å². The third-order valence-electron chi connectivity index (χ3n) is 5.23. The second-order valence-corrected chi connectivity index (χ2v) is 7.00. The number of benzene rings is 1. The highest BCUT2D eigenvalue weighted by Gasteiger charge is 2.29. The summed E-state index contributed by atoms with van der Waals surface area (Å²) in [4.78, 5) is 24.4. The molecule has 0 spiro atoms. The van der Waals surface area contributed by atoms with Crippen molar-refractivity contribution < 1.29 is 9.59 Å². The maximum Gasteiger partial charge on any atom is 0.252 e. The van der Waals surface area contributed by atoms with E-state index < -0.39 is 0 Å². The summed E-state index contributed by atoms with van der Waals surface area (Å²) in [5.41, 5.74) is 7.63. The summed E-state index contributed by atoms with van der Waals surface area (Å²) in [6.45, 7) is 3.30. The lowest BCUT2D eigenvalue weighted by Gasteiger charge is -2.24. The quantitative estimate of drug-likeness (QED) is 0.561. The summed E-state index contributed by atoms with van der Waals surface area (Å²) in [6.07, 6.45) is 5.28. The topological polar surface area (TPSA) is 96.2 Å². The number of carbonyl (C=O) groups excluding carboxylic acids is 2. The third kappa shape index (κ3) is 4.38. The molecule has 136 valence electrons. The van der Waals surface area contributed by atoms with Crippen LogP contribution in [0.3, 0.4) is 0 Å². The molecule has 0 radical (unpaired) electrons. The lowest BCUT2D eigenvalue weighted by Crippen LogP contribution is -2.28.